The Kier molecular flexibility index (Phi) is 7.26. The number of hydrazone groups is 1. The largest absolute Gasteiger partial charge is 0.460 e. The van der Waals surface area contributed by atoms with Gasteiger partial charge in [0.15, 0.2) is 0 Å². The van der Waals surface area contributed by atoms with E-state index in [1.165, 1.54) is 12.8 Å². The maximum atomic E-state index is 11.8. The monoisotopic (exact) mass is 282 g/mol. The molecule has 0 radical (unpaired) electrons. The molecular formula is C15H26N2O3. The minimum Gasteiger partial charge on any atom is -0.460 e. The van der Waals surface area contributed by atoms with Crippen LogP contribution in [0.2, 0.25) is 0 Å². The number of ketones is 1. The van der Waals surface area contributed by atoms with E-state index in [0.29, 0.717) is 5.92 Å². The molecule has 114 valence electrons. The van der Waals surface area contributed by atoms with Crippen molar-refractivity contribution >= 4 is 18.0 Å². The van der Waals surface area contributed by atoms with Gasteiger partial charge in [-0.25, -0.2) is 4.79 Å². The fourth-order valence-corrected chi connectivity index (χ4v) is 2.34. The molecule has 0 aromatic heterocycles. The topological polar surface area (TPSA) is 59.0 Å². The van der Waals surface area contributed by atoms with E-state index in [2.05, 4.69) is 18.9 Å². The third kappa shape index (κ3) is 6.17. The van der Waals surface area contributed by atoms with Gasteiger partial charge < -0.3 is 4.74 Å². The van der Waals surface area contributed by atoms with Crippen molar-refractivity contribution < 1.29 is 14.3 Å². The number of Topliss-reactive ketones (excluding diaryl/α,β-unsaturated/α-hetero) is 1. The van der Waals surface area contributed by atoms with Gasteiger partial charge in [-0.3, -0.25) is 9.80 Å². The summed E-state index contributed by atoms with van der Waals surface area (Å²) in [5, 5.41) is 6.47. The summed E-state index contributed by atoms with van der Waals surface area (Å²) in [4.78, 5) is 23.2. The molecule has 0 saturated carbocycles. The van der Waals surface area contributed by atoms with Crippen molar-refractivity contribution in [1.29, 1.82) is 0 Å². The Balaban J connectivity index is 2.54. The summed E-state index contributed by atoms with van der Waals surface area (Å²) < 4.78 is 4.74. The summed E-state index contributed by atoms with van der Waals surface area (Å²) in [7, 11) is 0. The minimum absolute atomic E-state index is 0.00695. The normalized spacial score (nSPS) is 16.9. The van der Waals surface area contributed by atoms with Gasteiger partial charge in [-0.05, 0) is 32.1 Å². The average Bonchev–Trinajstić information content (AvgIpc) is 2.88. The van der Waals surface area contributed by atoms with Crippen molar-refractivity contribution in [3.8, 4) is 0 Å². The number of hydrogen-bond acceptors (Lipinski definition) is 5. The summed E-state index contributed by atoms with van der Waals surface area (Å²) in [6.45, 7) is 8.11. The van der Waals surface area contributed by atoms with Crippen LogP contribution in [-0.4, -0.2) is 42.7 Å². The van der Waals surface area contributed by atoms with Gasteiger partial charge in [-0.2, -0.15) is 5.10 Å². The predicted octanol–water partition coefficient (Wildman–Crippen LogP) is 2.25. The van der Waals surface area contributed by atoms with Gasteiger partial charge in [-0.15, -0.1) is 0 Å². The second kappa shape index (κ2) is 8.72. The van der Waals surface area contributed by atoms with Crippen LogP contribution in [0.15, 0.2) is 5.10 Å². The fourth-order valence-electron chi connectivity index (χ4n) is 2.34. The molecule has 1 aliphatic heterocycles. The molecule has 0 aromatic rings. The Morgan fingerprint density at radius 1 is 1.30 bits per heavy atom. The van der Waals surface area contributed by atoms with Gasteiger partial charge in [0, 0.05) is 31.6 Å². The summed E-state index contributed by atoms with van der Waals surface area (Å²) in [5.74, 6) is -0.714. The first-order valence-electron chi connectivity index (χ1n) is 7.52. The second-order valence-electron chi connectivity index (χ2n) is 5.66. The van der Waals surface area contributed by atoms with Crippen molar-refractivity contribution in [2.75, 3.05) is 19.7 Å². The highest BCUT2D eigenvalue weighted by Gasteiger charge is 2.21. The van der Waals surface area contributed by atoms with E-state index in [1.54, 1.807) is 6.92 Å². The third-order valence-corrected chi connectivity index (χ3v) is 3.25. The first-order chi connectivity index (χ1) is 9.52. The molecule has 0 unspecified atom stereocenters. The van der Waals surface area contributed by atoms with E-state index < -0.39 is 11.8 Å². The lowest BCUT2D eigenvalue weighted by molar-refractivity contribution is -0.153. The zero-order valence-corrected chi connectivity index (χ0v) is 12.8. The standard InChI is InChI=1S/C15H26N2O3/c1-4-20-15(19)14(18)10-13(9-12(2)3)11-16-17-7-5-6-8-17/h11-13H,4-10H2,1-3H3/b16-11+/t13-/m1/s1. The van der Waals surface area contributed by atoms with Crippen LogP contribution in [0.3, 0.4) is 0 Å². The SMILES string of the molecule is CCOC(=O)C(=O)C[C@H](/C=N/N1CCCC1)CC(C)C. The molecule has 0 amide bonds. The molecular weight excluding hydrogens is 256 g/mol. The molecule has 5 heteroatoms. The quantitative estimate of drug-likeness (QED) is 0.389. The number of carbonyl (C=O) groups is 2. The first-order valence-corrected chi connectivity index (χ1v) is 7.52. The molecule has 1 rings (SSSR count). The number of ether oxygens (including phenoxy) is 1. The van der Waals surface area contributed by atoms with E-state index in [1.807, 2.05) is 11.2 Å². The molecule has 5 nitrogen and oxygen atoms in total. The number of rotatable bonds is 8. The minimum atomic E-state index is -0.726. The number of hydrogen-bond donors (Lipinski definition) is 0. The number of esters is 1. The molecule has 1 heterocycles. The van der Waals surface area contributed by atoms with Crippen LogP contribution in [0.5, 0.6) is 0 Å². The second-order valence-corrected chi connectivity index (χ2v) is 5.66. The van der Waals surface area contributed by atoms with E-state index in [9.17, 15) is 9.59 Å². The number of nitrogens with zero attached hydrogens (tertiary/aromatic N) is 2. The summed E-state index contributed by atoms with van der Waals surface area (Å²) in [5.41, 5.74) is 0. The Morgan fingerprint density at radius 3 is 2.50 bits per heavy atom. The molecule has 0 bridgehead atoms. The van der Waals surface area contributed by atoms with Gasteiger partial charge >= 0.3 is 5.97 Å². The highest BCUT2D eigenvalue weighted by atomic mass is 16.5. The van der Waals surface area contributed by atoms with Crippen molar-refractivity contribution in [1.82, 2.24) is 5.01 Å². The van der Waals surface area contributed by atoms with Crippen LogP contribution in [-0.2, 0) is 14.3 Å². The van der Waals surface area contributed by atoms with E-state index in [-0.39, 0.29) is 18.9 Å². The lowest BCUT2D eigenvalue weighted by atomic mass is 9.93. The van der Waals surface area contributed by atoms with Gasteiger partial charge in [0.1, 0.15) is 0 Å². The van der Waals surface area contributed by atoms with Gasteiger partial charge in [-0.1, -0.05) is 13.8 Å². The molecule has 0 aromatic carbocycles. The van der Waals surface area contributed by atoms with Gasteiger partial charge in [0.25, 0.3) is 0 Å². The van der Waals surface area contributed by atoms with Crippen LogP contribution >= 0.6 is 0 Å². The molecule has 1 fully saturated rings. The van der Waals surface area contributed by atoms with Gasteiger partial charge in [0.05, 0.1) is 6.61 Å². The molecule has 1 atom stereocenters. The average molecular weight is 282 g/mol. The lowest BCUT2D eigenvalue weighted by Crippen LogP contribution is -2.23. The smallest absolute Gasteiger partial charge is 0.374 e. The van der Waals surface area contributed by atoms with Crippen LogP contribution in [0.1, 0.15) is 46.5 Å². The maximum Gasteiger partial charge on any atom is 0.374 e. The van der Waals surface area contributed by atoms with Crippen molar-refractivity contribution in [3.63, 3.8) is 0 Å². The van der Waals surface area contributed by atoms with E-state index in [0.717, 1.165) is 19.5 Å². The highest BCUT2D eigenvalue weighted by molar-refractivity contribution is 6.33. The van der Waals surface area contributed by atoms with Crippen LogP contribution in [0.4, 0.5) is 0 Å². The Morgan fingerprint density at radius 2 is 1.95 bits per heavy atom. The van der Waals surface area contributed by atoms with Crippen molar-refractivity contribution in [2.24, 2.45) is 16.9 Å². The first kappa shape index (κ1) is 16.7. The molecule has 20 heavy (non-hydrogen) atoms. The summed E-state index contributed by atoms with van der Waals surface area (Å²) in [6, 6.07) is 0. The molecule has 0 aliphatic carbocycles. The molecule has 0 spiro atoms. The molecule has 0 N–H and O–H groups in total. The zero-order chi connectivity index (χ0) is 15.0. The summed E-state index contributed by atoms with van der Waals surface area (Å²) >= 11 is 0. The van der Waals surface area contributed by atoms with E-state index >= 15 is 0 Å². The van der Waals surface area contributed by atoms with Crippen molar-refractivity contribution in [2.45, 2.75) is 46.5 Å². The van der Waals surface area contributed by atoms with Crippen molar-refractivity contribution in [3.05, 3.63) is 0 Å². The highest BCUT2D eigenvalue weighted by Crippen LogP contribution is 2.16. The predicted molar refractivity (Wildman–Crippen MR) is 78.5 cm³/mol. The molecule has 1 aliphatic rings. The van der Waals surface area contributed by atoms with Crippen LogP contribution in [0, 0.1) is 11.8 Å². The third-order valence-electron chi connectivity index (χ3n) is 3.25. The Bertz CT molecular complexity index is 347. The lowest BCUT2D eigenvalue weighted by Gasteiger charge is -2.16. The van der Waals surface area contributed by atoms with Crippen LogP contribution in [0.25, 0.3) is 0 Å². The maximum absolute atomic E-state index is 11.8. The Labute approximate surface area is 121 Å². The number of carbonyl (C=O) groups excluding carboxylic acids is 2. The molecule has 1 saturated heterocycles. The van der Waals surface area contributed by atoms with Crippen LogP contribution < -0.4 is 0 Å². The zero-order valence-electron chi connectivity index (χ0n) is 12.8. The summed E-state index contributed by atoms with van der Waals surface area (Å²) in [6.07, 6.45) is 5.22. The Hall–Kier alpha value is -1.39. The fraction of sp³-hybridized carbons (Fsp3) is 0.800. The van der Waals surface area contributed by atoms with E-state index in [4.69, 9.17) is 4.74 Å². The van der Waals surface area contributed by atoms with Gasteiger partial charge in [0.2, 0.25) is 5.78 Å².